The highest BCUT2D eigenvalue weighted by Crippen LogP contribution is 2.37. The highest BCUT2D eigenvalue weighted by molar-refractivity contribution is 6.31. The highest BCUT2D eigenvalue weighted by atomic mass is 35.5. The minimum absolute atomic E-state index is 0.479. The van der Waals surface area contributed by atoms with Gasteiger partial charge in [0.05, 0.1) is 0 Å². The maximum absolute atomic E-state index is 6.03. The molecule has 3 heteroatoms. The Balaban J connectivity index is 2.29. The number of rotatable bonds is 1. The average Bonchev–Trinajstić information content (AvgIpc) is 2.76. The summed E-state index contributed by atoms with van der Waals surface area (Å²) in [6.07, 6.45) is 2.31. The lowest BCUT2D eigenvalue weighted by molar-refractivity contribution is 0.593. The van der Waals surface area contributed by atoms with Crippen LogP contribution in [0.25, 0.3) is 10.9 Å². The number of aromatic amines is 1. The molecule has 2 N–H and O–H groups in total. The molecule has 15 heavy (non-hydrogen) atoms. The van der Waals surface area contributed by atoms with Gasteiger partial charge in [0.1, 0.15) is 0 Å². The smallest absolute Gasteiger partial charge is 0.0460 e. The molecule has 0 aliphatic heterocycles. The number of benzene rings is 1. The van der Waals surface area contributed by atoms with E-state index in [-0.39, 0.29) is 0 Å². The molecule has 1 heterocycles. The van der Waals surface area contributed by atoms with E-state index in [1.54, 1.807) is 0 Å². The zero-order chi connectivity index (χ0) is 10.4. The van der Waals surface area contributed by atoms with Crippen LogP contribution in [0, 0.1) is 0 Å². The highest BCUT2D eigenvalue weighted by Gasteiger charge is 2.25. The minimum Gasteiger partial charge on any atom is -0.358 e. The quantitative estimate of drug-likeness (QED) is 0.760. The molecule has 0 saturated heterocycles. The lowest BCUT2D eigenvalue weighted by Gasteiger charge is -2.08. The Morgan fingerprint density at radius 3 is 3.13 bits per heavy atom. The fourth-order valence-corrected chi connectivity index (χ4v) is 2.73. The number of aryl methyl sites for hydroxylation is 1. The predicted octanol–water partition coefficient (Wildman–Crippen LogP) is 3.03. The number of halogens is 1. The second-order valence-electron chi connectivity index (χ2n) is 4.09. The summed E-state index contributed by atoms with van der Waals surface area (Å²) < 4.78 is 0. The van der Waals surface area contributed by atoms with E-state index in [9.17, 15) is 0 Å². The average molecular weight is 221 g/mol. The summed E-state index contributed by atoms with van der Waals surface area (Å²) in [6, 6.07) is 6.53. The topological polar surface area (TPSA) is 27.8 Å². The zero-order valence-corrected chi connectivity index (χ0v) is 9.36. The van der Waals surface area contributed by atoms with Gasteiger partial charge in [-0.3, -0.25) is 0 Å². The van der Waals surface area contributed by atoms with E-state index in [2.05, 4.69) is 22.4 Å². The van der Waals surface area contributed by atoms with Crippen molar-refractivity contribution >= 4 is 22.5 Å². The summed E-state index contributed by atoms with van der Waals surface area (Å²) >= 11 is 6.03. The molecular weight excluding hydrogens is 208 g/mol. The first-order valence-electron chi connectivity index (χ1n) is 5.27. The summed E-state index contributed by atoms with van der Waals surface area (Å²) in [5, 5.41) is 5.44. The maximum atomic E-state index is 6.03. The summed E-state index contributed by atoms with van der Waals surface area (Å²) in [5.41, 5.74) is 3.98. The molecule has 0 fully saturated rings. The standard InChI is InChI=1S/C12H13ClN2/c1-14-10-4-5-11-12(10)8-6-7(13)2-3-9(8)15-11/h2-3,6,10,14-15H,4-5H2,1H3. The van der Waals surface area contributed by atoms with Gasteiger partial charge in [-0.05, 0) is 43.7 Å². The van der Waals surface area contributed by atoms with Gasteiger partial charge in [0.2, 0.25) is 0 Å². The van der Waals surface area contributed by atoms with Gasteiger partial charge in [-0.1, -0.05) is 11.6 Å². The summed E-state index contributed by atoms with van der Waals surface area (Å²) in [7, 11) is 2.02. The third-order valence-corrected chi connectivity index (χ3v) is 3.50. The first-order valence-corrected chi connectivity index (χ1v) is 5.64. The zero-order valence-electron chi connectivity index (χ0n) is 8.60. The molecule has 0 saturated carbocycles. The van der Waals surface area contributed by atoms with Crippen molar-refractivity contribution < 1.29 is 0 Å². The third-order valence-electron chi connectivity index (χ3n) is 3.26. The number of nitrogens with one attached hydrogen (secondary N) is 2. The number of H-pyrrole nitrogens is 1. The molecule has 2 nitrogen and oxygen atoms in total. The third kappa shape index (κ3) is 1.29. The van der Waals surface area contributed by atoms with Crippen LogP contribution >= 0.6 is 11.6 Å². The molecule has 1 aromatic heterocycles. The van der Waals surface area contributed by atoms with Crippen molar-refractivity contribution in [1.29, 1.82) is 0 Å². The molecule has 78 valence electrons. The molecule has 1 unspecified atom stereocenters. The molecule has 1 aliphatic carbocycles. The van der Waals surface area contributed by atoms with Crippen LogP contribution in [-0.4, -0.2) is 12.0 Å². The Morgan fingerprint density at radius 2 is 2.33 bits per heavy atom. The maximum Gasteiger partial charge on any atom is 0.0460 e. The van der Waals surface area contributed by atoms with E-state index in [1.165, 1.54) is 28.6 Å². The molecule has 1 atom stereocenters. The van der Waals surface area contributed by atoms with Crippen molar-refractivity contribution in [1.82, 2.24) is 10.3 Å². The van der Waals surface area contributed by atoms with Crippen molar-refractivity contribution in [2.24, 2.45) is 0 Å². The van der Waals surface area contributed by atoms with Gasteiger partial charge in [0.25, 0.3) is 0 Å². The molecular formula is C12H13ClN2. The SMILES string of the molecule is CNC1CCc2[nH]c3ccc(Cl)cc3c21. The van der Waals surface area contributed by atoms with Crippen molar-refractivity contribution in [3.63, 3.8) is 0 Å². The monoisotopic (exact) mass is 220 g/mol. The molecule has 0 spiro atoms. The lowest BCUT2D eigenvalue weighted by atomic mass is 10.1. The van der Waals surface area contributed by atoms with Crippen LogP contribution in [0.1, 0.15) is 23.7 Å². The second kappa shape index (κ2) is 3.26. The first-order chi connectivity index (χ1) is 7.29. The van der Waals surface area contributed by atoms with Gasteiger partial charge in [-0.2, -0.15) is 0 Å². The van der Waals surface area contributed by atoms with Crippen LogP contribution in [0.4, 0.5) is 0 Å². The van der Waals surface area contributed by atoms with Crippen LogP contribution in [-0.2, 0) is 6.42 Å². The van der Waals surface area contributed by atoms with E-state index in [0.717, 1.165) is 11.4 Å². The Morgan fingerprint density at radius 1 is 1.47 bits per heavy atom. The van der Waals surface area contributed by atoms with Crippen molar-refractivity contribution in [3.8, 4) is 0 Å². The van der Waals surface area contributed by atoms with Crippen molar-refractivity contribution in [2.45, 2.75) is 18.9 Å². The van der Waals surface area contributed by atoms with Crippen LogP contribution < -0.4 is 5.32 Å². The number of fused-ring (bicyclic) bond motifs is 3. The van der Waals surface area contributed by atoms with Crippen LogP contribution in [0.2, 0.25) is 5.02 Å². The normalized spacial score (nSPS) is 19.7. The van der Waals surface area contributed by atoms with Crippen LogP contribution in [0.3, 0.4) is 0 Å². The Hall–Kier alpha value is -0.990. The van der Waals surface area contributed by atoms with E-state index in [1.807, 2.05) is 13.1 Å². The van der Waals surface area contributed by atoms with Gasteiger partial charge in [-0.25, -0.2) is 0 Å². The molecule has 0 radical (unpaired) electrons. The van der Waals surface area contributed by atoms with Crippen molar-refractivity contribution in [2.75, 3.05) is 7.05 Å². The lowest BCUT2D eigenvalue weighted by Crippen LogP contribution is -2.12. The van der Waals surface area contributed by atoms with Gasteiger partial charge in [0, 0.05) is 27.7 Å². The molecule has 3 rings (SSSR count). The van der Waals surface area contributed by atoms with Gasteiger partial charge in [-0.15, -0.1) is 0 Å². The van der Waals surface area contributed by atoms with Gasteiger partial charge < -0.3 is 10.3 Å². The van der Waals surface area contributed by atoms with Gasteiger partial charge >= 0.3 is 0 Å². The Kier molecular flexibility index (Phi) is 2.01. The summed E-state index contributed by atoms with van der Waals surface area (Å²) in [6.45, 7) is 0. The van der Waals surface area contributed by atoms with E-state index in [0.29, 0.717) is 6.04 Å². The van der Waals surface area contributed by atoms with Crippen LogP contribution in [0.5, 0.6) is 0 Å². The molecule has 1 aliphatic rings. The minimum atomic E-state index is 0.479. The summed E-state index contributed by atoms with van der Waals surface area (Å²) in [5.74, 6) is 0. The fourth-order valence-electron chi connectivity index (χ4n) is 2.56. The Labute approximate surface area is 93.6 Å². The van der Waals surface area contributed by atoms with Crippen LogP contribution in [0.15, 0.2) is 18.2 Å². The van der Waals surface area contributed by atoms with E-state index in [4.69, 9.17) is 11.6 Å². The Bertz CT molecular complexity index is 516. The molecule has 0 amide bonds. The van der Waals surface area contributed by atoms with E-state index < -0.39 is 0 Å². The number of hydrogen-bond acceptors (Lipinski definition) is 1. The molecule has 1 aromatic carbocycles. The van der Waals surface area contributed by atoms with E-state index >= 15 is 0 Å². The number of aromatic nitrogens is 1. The fraction of sp³-hybridized carbons (Fsp3) is 0.333. The van der Waals surface area contributed by atoms with Gasteiger partial charge in [0.15, 0.2) is 0 Å². The first kappa shape index (κ1) is 9.25. The molecule has 2 aromatic rings. The largest absolute Gasteiger partial charge is 0.358 e. The molecule has 0 bridgehead atoms. The van der Waals surface area contributed by atoms with Crippen molar-refractivity contribution in [3.05, 3.63) is 34.5 Å². The second-order valence-corrected chi connectivity index (χ2v) is 4.52. The predicted molar refractivity (Wildman–Crippen MR) is 63.4 cm³/mol. The number of hydrogen-bond donors (Lipinski definition) is 2. The summed E-state index contributed by atoms with van der Waals surface area (Å²) in [4.78, 5) is 3.47.